The molecule has 1 fully saturated rings. The molecule has 4 heteroatoms. The number of rotatable bonds is 5. The molecule has 3 rings (SSSR count). The molecule has 20 heavy (non-hydrogen) atoms. The monoisotopic (exact) mass is 272 g/mol. The summed E-state index contributed by atoms with van der Waals surface area (Å²) in [5.74, 6) is 0. The van der Waals surface area contributed by atoms with Crippen LogP contribution in [0.1, 0.15) is 5.56 Å². The van der Waals surface area contributed by atoms with Gasteiger partial charge in [-0.2, -0.15) is 0 Å². The highest BCUT2D eigenvalue weighted by Gasteiger charge is 2.12. The van der Waals surface area contributed by atoms with Gasteiger partial charge in [-0.3, -0.25) is 4.90 Å². The summed E-state index contributed by atoms with van der Waals surface area (Å²) in [6.07, 6.45) is 2.01. The summed E-state index contributed by atoms with van der Waals surface area (Å²) in [6.45, 7) is 7.95. The van der Waals surface area contributed by atoms with Gasteiger partial charge in [-0.05, 0) is 24.7 Å². The van der Waals surface area contributed by atoms with Gasteiger partial charge in [0.05, 0.1) is 0 Å². The fraction of sp³-hybridized carbons (Fsp3) is 0.500. The minimum atomic E-state index is 0.947. The summed E-state index contributed by atoms with van der Waals surface area (Å²) in [4.78, 5) is 8.21. The second kappa shape index (κ2) is 6.39. The summed E-state index contributed by atoms with van der Waals surface area (Å²) in [6, 6.07) is 8.62. The maximum atomic E-state index is 3.57. The molecule has 0 amide bonds. The van der Waals surface area contributed by atoms with Crippen molar-refractivity contribution in [3.05, 3.63) is 36.0 Å². The number of nitrogens with one attached hydrogen (secondary N) is 2. The van der Waals surface area contributed by atoms with Crippen molar-refractivity contribution < 1.29 is 0 Å². The zero-order chi connectivity index (χ0) is 13.8. The van der Waals surface area contributed by atoms with Crippen molar-refractivity contribution in [3.8, 4) is 0 Å². The second-order valence-corrected chi connectivity index (χ2v) is 5.68. The van der Waals surface area contributed by atoms with Crippen LogP contribution in [0.5, 0.6) is 0 Å². The molecule has 0 aliphatic carbocycles. The van der Waals surface area contributed by atoms with Crippen molar-refractivity contribution in [1.29, 1.82) is 0 Å². The molecule has 1 aliphatic rings. The van der Waals surface area contributed by atoms with Crippen molar-refractivity contribution in [2.24, 2.45) is 0 Å². The van der Waals surface area contributed by atoms with Crippen molar-refractivity contribution in [1.82, 2.24) is 20.1 Å². The first kappa shape index (κ1) is 13.6. The Labute approximate surface area is 120 Å². The zero-order valence-corrected chi connectivity index (χ0v) is 12.2. The van der Waals surface area contributed by atoms with E-state index in [-0.39, 0.29) is 0 Å². The summed E-state index contributed by atoms with van der Waals surface area (Å²) >= 11 is 0. The van der Waals surface area contributed by atoms with Crippen LogP contribution in [0.25, 0.3) is 10.9 Å². The number of hydrogen-bond acceptors (Lipinski definition) is 3. The molecule has 0 spiro atoms. The van der Waals surface area contributed by atoms with Crippen molar-refractivity contribution in [3.63, 3.8) is 0 Å². The van der Waals surface area contributed by atoms with Gasteiger partial charge in [-0.1, -0.05) is 12.1 Å². The Morgan fingerprint density at radius 2 is 2.00 bits per heavy atom. The number of fused-ring (bicyclic) bond motifs is 1. The van der Waals surface area contributed by atoms with Crippen LogP contribution in [0.15, 0.2) is 30.5 Å². The normalized spacial score (nSPS) is 17.9. The standard InChI is InChI=1S/C16H24N4/c1-19-9-11-20(12-10-19)8-7-17-13-14-3-2-4-16-15(14)5-6-18-16/h2-6,17-18H,7-13H2,1H3. The molecule has 1 aromatic carbocycles. The average molecular weight is 272 g/mol. The van der Waals surface area contributed by atoms with Crippen LogP contribution in [-0.4, -0.2) is 61.1 Å². The van der Waals surface area contributed by atoms with Gasteiger partial charge in [0.2, 0.25) is 0 Å². The van der Waals surface area contributed by atoms with Crippen molar-refractivity contribution in [2.45, 2.75) is 6.54 Å². The molecule has 1 aromatic heterocycles. The van der Waals surface area contributed by atoms with Gasteiger partial charge in [0.25, 0.3) is 0 Å². The number of hydrogen-bond donors (Lipinski definition) is 2. The topological polar surface area (TPSA) is 34.3 Å². The molecule has 0 unspecified atom stereocenters. The minimum absolute atomic E-state index is 0.947. The third-order valence-electron chi connectivity index (χ3n) is 4.20. The zero-order valence-electron chi connectivity index (χ0n) is 12.2. The van der Waals surface area contributed by atoms with Gasteiger partial charge in [0.1, 0.15) is 0 Å². The van der Waals surface area contributed by atoms with Crippen LogP contribution in [0.2, 0.25) is 0 Å². The lowest BCUT2D eigenvalue weighted by molar-refractivity contribution is 0.154. The highest BCUT2D eigenvalue weighted by atomic mass is 15.2. The van der Waals surface area contributed by atoms with E-state index in [0.29, 0.717) is 0 Å². The third kappa shape index (κ3) is 3.20. The number of H-pyrrole nitrogens is 1. The SMILES string of the molecule is CN1CCN(CCNCc2cccc3[nH]ccc23)CC1. The van der Waals surface area contributed by atoms with Gasteiger partial charge in [-0.15, -0.1) is 0 Å². The fourth-order valence-corrected chi connectivity index (χ4v) is 2.84. The van der Waals surface area contributed by atoms with E-state index >= 15 is 0 Å². The molecule has 1 saturated heterocycles. The fourth-order valence-electron chi connectivity index (χ4n) is 2.84. The average Bonchev–Trinajstić information content (AvgIpc) is 2.94. The van der Waals surface area contributed by atoms with Crippen molar-refractivity contribution in [2.75, 3.05) is 46.3 Å². The lowest BCUT2D eigenvalue weighted by Crippen LogP contribution is -2.46. The second-order valence-electron chi connectivity index (χ2n) is 5.68. The Morgan fingerprint density at radius 3 is 2.85 bits per heavy atom. The molecule has 0 atom stereocenters. The van der Waals surface area contributed by atoms with Crippen LogP contribution in [-0.2, 0) is 6.54 Å². The molecule has 0 saturated carbocycles. The maximum Gasteiger partial charge on any atom is 0.0457 e. The van der Waals surface area contributed by atoms with E-state index in [9.17, 15) is 0 Å². The number of nitrogens with zero attached hydrogens (tertiary/aromatic N) is 2. The van der Waals surface area contributed by atoms with Gasteiger partial charge in [-0.25, -0.2) is 0 Å². The quantitative estimate of drug-likeness (QED) is 0.810. The Kier molecular flexibility index (Phi) is 4.35. The summed E-state index contributed by atoms with van der Waals surface area (Å²) < 4.78 is 0. The Morgan fingerprint density at radius 1 is 1.15 bits per heavy atom. The minimum Gasteiger partial charge on any atom is -0.361 e. The Hall–Kier alpha value is -1.36. The Bertz CT molecular complexity index is 540. The number of aromatic nitrogens is 1. The van der Waals surface area contributed by atoms with E-state index in [1.165, 1.54) is 42.6 Å². The van der Waals surface area contributed by atoms with Gasteiger partial charge < -0.3 is 15.2 Å². The first-order valence-corrected chi connectivity index (χ1v) is 7.49. The lowest BCUT2D eigenvalue weighted by Gasteiger charge is -2.32. The van der Waals surface area contributed by atoms with Crippen LogP contribution in [0, 0.1) is 0 Å². The van der Waals surface area contributed by atoms with E-state index in [2.05, 4.69) is 51.4 Å². The predicted octanol–water partition coefficient (Wildman–Crippen LogP) is 1.50. The number of piperazine rings is 1. The molecule has 2 aromatic rings. The van der Waals surface area contributed by atoms with Gasteiger partial charge in [0, 0.05) is 62.9 Å². The molecule has 1 aliphatic heterocycles. The molecule has 0 bridgehead atoms. The largest absolute Gasteiger partial charge is 0.361 e. The van der Waals surface area contributed by atoms with Gasteiger partial charge in [0.15, 0.2) is 0 Å². The summed E-state index contributed by atoms with van der Waals surface area (Å²) in [5.41, 5.74) is 2.60. The molecule has 4 nitrogen and oxygen atoms in total. The molecule has 2 N–H and O–H groups in total. The lowest BCUT2D eigenvalue weighted by atomic mass is 10.1. The summed E-state index contributed by atoms with van der Waals surface area (Å²) in [7, 11) is 2.20. The van der Waals surface area contributed by atoms with Gasteiger partial charge >= 0.3 is 0 Å². The summed E-state index contributed by atoms with van der Waals surface area (Å²) in [5, 5.41) is 4.91. The van der Waals surface area contributed by atoms with E-state index in [4.69, 9.17) is 0 Å². The number of benzene rings is 1. The first-order chi connectivity index (χ1) is 9.83. The van der Waals surface area contributed by atoms with Crippen LogP contribution in [0.3, 0.4) is 0 Å². The number of likely N-dealkylation sites (N-methyl/N-ethyl adjacent to an activating group) is 1. The molecule has 0 radical (unpaired) electrons. The van der Waals surface area contributed by atoms with E-state index < -0.39 is 0 Å². The highest BCUT2D eigenvalue weighted by Crippen LogP contribution is 2.16. The smallest absolute Gasteiger partial charge is 0.0457 e. The maximum absolute atomic E-state index is 3.57. The van der Waals surface area contributed by atoms with E-state index in [1.807, 2.05) is 6.20 Å². The molecular weight excluding hydrogens is 248 g/mol. The molecule has 2 heterocycles. The van der Waals surface area contributed by atoms with Crippen LogP contribution in [0.4, 0.5) is 0 Å². The van der Waals surface area contributed by atoms with Crippen molar-refractivity contribution >= 4 is 10.9 Å². The van der Waals surface area contributed by atoms with E-state index in [1.54, 1.807) is 0 Å². The predicted molar refractivity (Wildman–Crippen MR) is 83.9 cm³/mol. The first-order valence-electron chi connectivity index (χ1n) is 7.49. The van der Waals surface area contributed by atoms with E-state index in [0.717, 1.165) is 19.6 Å². The highest BCUT2D eigenvalue weighted by molar-refractivity contribution is 5.82. The molecular formula is C16H24N4. The third-order valence-corrected chi connectivity index (χ3v) is 4.20. The Balaban J connectivity index is 1.45. The van der Waals surface area contributed by atoms with Crippen LogP contribution >= 0.6 is 0 Å². The number of aromatic amines is 1. The molecule has 108 valence electrons. The van der Waals surface area contributed by atoms with Crippen LogP contribution < -0.4 is 5.32 Å².